The molecule has 0 aliphatic rings. The summed E-state index contributed by atoms with van der Waals surface area (Å²) in [6.45, 7) is 6.14. The molecule has 0 bridgehead atoms. The van der Waals surface area contributed by atoms with Crippen LogP contribution in [0.15, 0.2) is 18.2 Å². The monoisotopic (exact) mass is 194 g/mol. The van der Waals surface area contributed by atoms with E-state index in [1.165, 1.54) is 0 Å². The van der Waals surface area contributed by atoms with E-state index in [1.54, 1.807) is 13.0 Å². The van der Waals surface area contributed by atoms with Crippen LogP contribution in [0.5, 0.6) is 0 Å². The third kappa shape index (κ3) is 2.57. The van der Waals surface area contributed by atoms with E-state index in [4.69, 9.17) is 0 Å². The van der Waals surface area contributed by atoms with Gasteiger partial charge in [0.05, 0.1) is 0 Å². The van der Waals surface area contributed by atoms with Gasteiger partial charge in [0, 0.05) is 0 Å². The second kappa shape index (κ2) is 5.14. The van der Waals surface area contributed by atoms with Gasteiger partial charge < -0.3 is 0 Å². The van der Waals surface area contributed by atoms with Crippen LogP contribution < -0.4 is 0 Å². The Hall–Kier alpha value is -0.850. The molecule has 14 heavy (non-hydrogen) atoms. The van der Waals surface area contributed by atoms with Gasteiger partial charge in [-0.15, -0.1) is 0 Å². The second-order valence-electron chi connectivity index (χ2n) is 3.90. The van der Waals surface area contributed by atoms with E-state index in [2.05, 4.69) is 19.9 Å². The molecule has 0 saturated heterocycles. The highest BCUT2D eigenvalue weighted by molar-refractivity contribution is 5.26. The van der Waals surface area contributed by atoms with Crippen molar-refractivity contribution in [3.63, 3.8) is 0 Å². The summed E-state index contributed by atoms with van der Waals surface area (Å²) >= 11 is 0. The maximum atomic E-state index is 13.3. The summed E-state index contributed by atoms with van der Waals surface area (Å²) in [5.41, 5.74) is 1.89. The summed E-state index contributed by atoms with van der Waals surface area (Å²) in [5, 5.41) is 0. The molecule has 1 aromatic carbocycles. The summed E-state index contributed by atoms with van der Waals surface area (Å²) in [5.74, 6) is 0.451. The average Bonchev–Trinajstić information content (AvgIpc) is 2.19. The van der Waals surface area contributed by atoms with Crippen LogP contribution in [0.2, 0.25) is 0 Å². The number of halogens is 1. The molecule has 1 atom stereocenters. The Kier molecular flexibility index (Phi) is 4.12. The summed E-state index contributed by atoms with van der Waals surface area (Å²) in [6.07, 6.45) is 3.41. The summed E-state index contributed by atoms with van der Waals surface area (Å²) in [6, 6.07) is 5.63. The largest absolute Gasteiger partial charge is 0.207 e. The molecule has 0 radical (unpaired) electrons. The van der Waals surface area contributed by atoms with E-state index in [1.807, 2.05) is 6.07 Å². The number of hydrogen-bond donors (Lipinski definition) is 0. The fourth-order valence-electron chi connectivity index (χ4n) is 1.82. The molecule has 0 saturated carbocycles. The Morgan fingerprint density at radius 2 is 2.00 bits per heavy atom. The van der Waals surface area contributed by atoms with Crippen molar-refractivity contribution in [3.05, 3.63) is 35.1 Å². The number of rotatable bonds is 4. The highest BCUT2D eigenvalue weighted by atomic mass is 19.1. The Morgan fingerprint density at radius 1 is 1.29 bits per heavy atom. The van der Waals surface area contributed by atoms with E-state index < -0.39 is 0 Å². The first-order valence-corrected chi connectivity index (χ1v) is 5.45. The molecule has 1 unspecified atom stereocenters. The van der Waals surface area contributed by atoms with E-state index >= 15 is 0 Å². The Balaban J connectivity index is 2.88. The lowest BCUT2D eigenvalue weighted by molar-refractivity contribution is 0.578. The fourth-order valence-corrected chi connectivity index (χ4v) is 1.82. The molecule has 1 aromatic rings. The van der Waals surface area contributed by atoms with Crippen LogP contribution in [-0.2, 0) is 0 Å². The highest BCUT2D eigenvalue weighted by Gasteiger charge is 2.09. The Morgan fingerprint density at radius 3 is 2.50 bits per heavy atom. The predicted molar refractivity (Wildman–Crippen MR) is 59.1 cm³/mol. The van der Waals surface area contributed by atoms with E-state index in [9.17, 15) is 4.39 Å². The summed E-state index contributed by atoms with van der Waals surface area (Å²) in [4.78, 5) is 0. The first kappa shape index (κ1) is 11.2. The lowest BCUT2D eigenvalue weighted by Crippen LogP contribution is -1.98. The number of hydrogen-bond acceptors (Lipinski definition) is 0. The van der Waals surface area contributed by atoms with Crippen molar-refractivity contribution in [1.29, 1.82) is 0 Å². The van der Waals surface area contributed by atoms with Crippen LogP contribution in [-0.4, -0.2) is 0 Å². The van der Waals surface area contributed by atoms with Crippen LogP contribution in [0.3, 0.4) is 0 Å². The summed E-state index contributed by atoms with van der Waals surface area (Å²) in [7, 11) is 0. The maximum Gasteiger partial charge on any atom is 0.126 e. The van der Waals surface area contributed by atoms with Crippen molar-refractivity contribution in [3.8, 4) is 0 Å². The van der Waals surface area contributed by atoms with Gasteiger partial charge in [-0.05, 0) is 42.9 Å². The molecule has 1 heteroatoms. The Labute approximate surface area is 86.2 Å². The smallest absolute Gasteiger partial charge is 0.126 e. The first-order chi connectivity index (χ1) is 6.69. The molecule has 0 aliphatic carbocycles. The van der Waals surface area contributed by atoms with Gasteiger partial charge in [0.25, 0.3) is 0 Å². The minimum absolute atomic E-state index is 0.0722. The normalized spacial score (nSPS) is 12.9. The molecule has 0 nitrogen and oxygen atoms in total. The minimum atomic E-state index is -0.0722. The molecule has 1 rings (SSSR count). The standard InChI is InChI=1S/C13H19F/c1-4-6-11(5-2)12-8-7-10(3)13(14)9-12/h7-9,11H,4-6H2,1-3H3. The van der Waals surface area contributed by atoms with E-state index in [0.717, 1.165) is 30.4 Å². The first-order valence-electron chi connectivity index (χ1n) is 5.45. The van der Waals surface area contributed by atoms with Gasteiger partial charge in [-0.25, -0.2) is 4.39 Å². The van der Waals surface area contributed by atoms with Crippen molar-refractivity contribution in [1.82, 2.24) is 0 Å². The van der Waals surface area contributed by atoms with Crippen molar-refractivity contribution < 1.29 is 4.39 Å². The molecule has 0 heterocycles. The quantitative estimate of drug-likeness (QED) is 0.665. The topological polar surface area (TPSA) is 0 Å². The molecular weight excluding hydrogens is 175 g/mol. The highest BCUT2D eigenvalue weighted by Crippen LogP contribution is 2.25. The molecule has 0 fully saturated rings. The molecule has 0 amide bonds. The molecule has 0 spiro atoms. The van der Waals surface area contributed by atoms with Crippen molar-refractivity contribution in [2.75, 3.05) is 0 Å². The lowest BCUT2D eigenvalue weighted by Gasteiger charge is -2.14. The summed E-state index contributed by atoms with van der Waals surface area (Å²) < 4.78 is 13.3. The van der Waals surface area contributed by atoms with Gasteiger partial charge in [0.15, 0.2) is 0 Å². The molecular formula is C13H19F. The lowest BCUT2D eigenvalue weighted by atomic mass is 9.91. The Bertz CT molecular complexity index is 291. The van der Waals surface area contributed by atoms with Crippen LogP contribution in [0.4, 0.5) is 4.39 Å². The van der Waals surface area contributed by atoms with Crippen molar-refractivity contribution in [2.24, 2.45) is 0 Å². The van der Waals surface area contributed by atoms with Crippen molar-refractivity contribution in [2.45, 2.75) is 46.0 Å². The molecule has 0 N–H and O–H groups in total. The van der Waals surface area contributed by atoms with E-state index in [-0.39, 0.29) is 5.82 Å². The van der Waals surface area contributed by atoms with Crippen molar-refractivity contribution >= 4 is 0 Å². The van der Waals surface area contributed by atoms with Crippen LogP contribution in [0, 0.1) is 12.7 Å². The van der Waals surface area contributed by atoms with E-state index in [0.29, 0.717) is 5.92 Å². The maximum absolute atomic E-state index is 13.3. The average molecular weight is 194 g/mol. The van der Waals surface area contributed by atoms with Gasteiger partial charge in [-0.2, -0.15) is 0 Å². The third-order valence-electron chi connectivity index (χ3n) is 2.80. The van der Waals surface area contributed by atoms with Gasteiger partial charge in [-0.1, -0.05) is 32.4 Å². The fraction of sp³-hybridized carbons (Fsp3) is 0.538. The number of aryl methyl sites for hydroxylation is 1. The zero-order chi connectivity index (χ0) is 10.6. The number of benzene rings is 1. The van der Waals surface area contributed by atoms with Crippen LogP contribution in [0.25, 0.3) is 0 Å². The van der Waals surface area contributed by atoms with Gasteiger partial charge in [0.2, 0.25) is 0 Å². The SMILES string of the molecule is CCCC(CC)c1ccc(C)c(F)c1. The molecule has 0 aromatic heterocycles. The van der Waals surface area contributed by atoms with Gasteiger partial charge >= 0.3 is 0 Å². The zero-order valence-electron chi connectivity index (χ0n) is 9.31. The van der Waals surface area contributed by atoms with Crippen LogP contribution in [0.1, 0.15) is 50.2 Å². The minimum Gasteiger partial charge on any atom is -0.207 e. The predicted octanol–water partition coefficient (Wildman–Crippen LogP) is 4.43. The van der Waals surface area contributed by atoms with Crippen LogP contribution >= 0.6 is 0 Å². The molecule has 78 valence electrons. The third-order valence-corrected chi connectivity index (χ3v) is 2.80. The van der Waals surface area contributed by atoms with Gasteiger partial charge in [0.1, 0.15) is 5.82 Å². The van der Waals surface area contributed by atoms with Gasteiger partial charge in [-0.3, -0.25) is 0 Å². The second-order valence-corrected chi connectivity index (χ2v) is 3.90. The molecule has 0 aliphatic heterocycles. The zero-order valence-corrected chi connectivity index (χ0v) is 9.31.